The number of piperidine rings is 1. The number of anilines is 2. The molecule has 0 aromatic carbocycles. The second-order valence-electron chi connectivity index (χ2n) is 5.59. The molecule has 1 aromatic heterocycles. The van der Waals surface area contributed by atoms with E-state index in [4.69, 9.17) is 17.3 Å². The molecule has 2 aliphatic rings. The summed E-state index contributed by atoms with van der Waals surface area (Å²) < 4.78 is 0. The molecule has 0 atom stereocenters. The van der Waals surface area contributed by atoms with Crippen molar-refractivity contribution in [3.8, 4) is 0 Å². The normalized spacial score (nSPS) is 22.6. The van der Waals surface area contributed by atoms with Gasteiger partial charge in [-0.05, 0) is 31.1 Å². The van der Waals surface area contributed by atoms with Gasteiger partial charge >= 0.3 is 0 Å². The Morgan fingerprint density at radius 2 is 1.78 bits per heavy atom. The highest BCUT2D eigenvalue weighted by atomic mass is 35.5. The molecule has 0 unspecified atom stereocenters. The number of hydrogen-bond acceptors (Lipinski definition) is 4. The van der Waals surface area contributed by atoms with Crippen molar-refractivity contribution in [3.05, 3.63) is 11.3 Å². The minimum absolute atomic E-state index is 0.378. The average Bonchev–Trinajstić information content (AvgIpc) is 2.83. The fourth-order valence-corrected chi connectivity index (χ4v) is 3.63. The predicted octanol–water partition coefficient (Wildman–Crippen LogP) is 2.87. The van der Waals surface area contributed by atoms with Crippen LogP contribution in [-0.4, -0.2) is 23.1 Å². The summed E-state index contributed by atoms with van der Waals surface area (Å²) in [6.07, 6.45) is 9.63. The van der Waals surface area contributed by atoms with Gasteiger partial charge in [-0.1, -0.05) is 24.4 Å². The van der Waals surface area contributed by atoms with Crippen LogP contribution >= 0.6 is 11.6 Å². The van der Waals surface area contributed by atoms with Crippen molar-refractivity contribution in [2.45, 2.75) is 38.5 Å². The molecule has 0 amide bonds. The molecule has 1 aromatic rings. The molecule has 18 heavy (non-hydrogen) atoms. The van der Waals surface area contributed by atoms with Gasteiger partial charge in [-0.3, -0.25) is 0 Å². The molecule has 2 fully saturated rings. The van der Waals surface area contributed by atoms with Gasteiger partial charge in [-0.15, -0.1) is 0 Å². The molecule has 1 saturated heterocycles. The summed E-state index contributed by atoms with van der Waals surface area (Å²) in [7, 11) is 0. The maximum absolute atomic E-state index is 6.19. The minimum Gasteiger partial charge on any atom is -0.382 e. The van der Waals surface area contributed by atoms with Crippen LogP contribution in [0, 0.1) is 5.41 Å². The van der Waals surface area contributed by atoms with Crippen LogP contribution in [-0.2, 0) is 0 Å². The summed E-state index contributed by atoms with van der Waals surface area (Å²) in [5, 5.41) is 0.500. The first-order chi connectivity index (χ1) is 8.70. The number of hydrogen-bond donors (Lipinski definition) is 1. The zero-order chi connectivity index (χ0) is 12.6. The number of rotatable bonds is 1. The van der Waals surface area contributed by atoms with E-state index in [0.29, 0.717) is 16.3 Å². The summed E-state index contributed by atoms with van der Waals surface area (Å²) in [6.45, 7) is 2.08. The van der Waals surface area contributed by atoms with E-state index in [0.717, 1.165) is 18.9 Å². The molecular formula is C13H19ClN4. The zero-order valence-electron chi connectivity index (χ0n) is 10.5. The first-order valence-corrected chi connectivity index (χ1v) is 7.09. The fraction of sp³-hybridized carbons (Fsp3) is 0.692. The van der Waals surface area contributed by atoms with Crippen LogP contribution in [0.2, 0.25) is 5.02 Å². The predicted molar refractivity (Wildman–Crippen MR) is 73.8 cm³/mol. The Balaban J connectivity index is 1.74. The molecule has 98 valence electrons. The zero-order valence-corrected chi connectivity index (χ0v) is 11.3. The molecule has 0 bridgehead atoms. The lowest BCUT2D eigenvalue weighted by Crippen LogP contribution is -2.39. The van der Waals surface area contributed by atoms with Crippen LogP contribution in [0.1, 0.15) is 38.5 Å². The smallest absolute Gasteiger partial charge is 0.153 e. The maximum atomic E-state index is 6.19. The molecule has 2 heterocycles. The second-order valence-corrected chi connectivity index (χ2v) is 5.97. The standard InChI is InChI=1S/C13H19ClN4/c14-10-11(15)16-9-17-12(10)18-7-5-13(6-8-18)3-1-2-4-13/h9H,1-8H2,(H2,15,16,17). The molecule has 1 spiro atoms. The maximum Gasteiger partial charge on any atom is 0.153 e. The summed E-state index contributed by atoms with van der Waals surface area (Å²) in [5.41, 5.74) is 6.35. The van der Waals surface area contributed by atoms with Gasteiger partial charge in [0.25, 0.3) is 0 Å². The van der Waals surface area contributed by atoms with E-state index in [1.54, 1.807) is 0 Å². The van der Waals surface area contributed by atoms with Gasteiger partial charge in [0.15, 0.2) is 5.82 Å². The van der Waals surface area contributed by atoms with Gasteiger partial charge in [0.2, 0.25) is 0 Å². The Bertz CT molecular complexity index is 433. The first-order valence-electron chi connectivity index (χ1n) is 6.71. The van der Waals surface area contributed by atoms with Gasteiger partial charge in [0, 0.05) is 13.1 Å². The summed E-state index contributed by atoms with van der Waals surface area (Å²) in [4.78, 5) is 10.4. The van der Waals surface area contributed by atoms with Crippen molar-refractivity contribution >= 4 is 23.2 Å². The van der Waals surface area contributed by atoms with E-state index < -0.39 is 0 Å². The van der Waals surface area contributed by atoms with Crippen LogP contribution in [0.25, 0.3) is 0 Å². The van der Waals surface area contributed by atoms with Crippen molar-refractivity contribution in [1.29, 1.82) is 0 Å². The van der Waals surface area contributed by atoms with Gasteiger partial charge in [-0.2, -0.15) is 0 Å². The lowest BCUT2D eigenvalue weighted by atomic mass is 9.77. The molecule has 2 N–H and O–H groups in total. The van der Waals surface area contributed by atoms with Crippen LogP contribution in [0.5, 0.6) is 0 Å². The van der Waals surface area contributed by atoms with Crippen LogP contribution < -0.4 is 10.6 Å². The van der Waals surface area contributed by atoms with E-state index >= 15 is 0 Å². The first kappa shape index (κ1) is 12.0. The quantitative estimate of drug-likeness (QED) is 0.849. The third kappa shape index (κ3) is 2.03. The third-order valence-electron chi connectivity index (χ3n) is 4.59. The summed E-state index contributed by atoms with van der Waals surface area (Å²) in [6, 6.07) is 0. The minimum atomic E-state index is 0.378. The van der Waals surface area contributed by atoms with E-state index in [-0.39, 0.29) is 0 Å². The highest BCUT2D eigenvalue weighted by Gasteiger charge is 2.37. The summed E-state index contributed by atoms with van der Waals surface area (Å²) >= 11 is 6.19. The van der Waals surface area contributed by atoms with Crippen LogP contribution in [0.3, 0.4) is 0 Å². The molecule has 0 radical (unpaired) electrons. The van der Waals surface area contributed by atoms with E-state index in [9.17, 15) is 0 Å². The van der Waals surface area contributed by atoms with Crippen LogP contribution in [0.4, 0.5) is 11.6 Å². The molecule has 1 aliphatic heterocycles. The van der Waals surface area contributed by atoms with E-state index in [1.807, 2.05) is 0 Å². The molecule has 3 rings (SSSR count). The van der Waals surface area contributed by atoms with Crippen molar-refractivity contribution in [2.24, 2.45) is 5.41 Å². The Hall–Kier alpha value is -1.03. The van der Waals surface area contributed by atoms with Gasteiger partial charge < -0.3 is 10.6 Å². The number of aromatic nitrogens is 2. The molecule has 4 nitrogen and oxygen atoms in total. The van der Waals surface area contributed by atoms with Crippen molar-refractivity contribution < 1.29 is 0 Å². The lowest BCUT2D eigenvalue weighted by Gasteiger charge is -2.40. The highest BCUT2D eigenvalue weighted by molar-refractivity contribution is 6.35. The molecule has 1 saturated carbocycles. The molecule has 5 heteroatoms. The topological polar surface area (TPSA) is 55.0 Å². The Labute approximate surface area is 113 Å². The largest absolute Gasteiger partial charge is 0.382 e. The van der Waals surface area contributed by atoms with Crippen LogP contribution in [0.15, 0.2) is 6.33 Å². The number of halogens is 1. The number of nitrogens with zero attached hydrogens (tertiary/aromatic N) is 3. The Kier molecular flexibility index (Phi) is 3.06. The SMILES string of the molecule is Nc1ncnc(N2CCC3(CCCC3)CC2)c1Cl. The monoisotopic (exact) mass is 266 g/mol. The van der Waals surface area contributed by atoms with E-state index in [2.05, 4.69) is 14.9 Å². The Morgan fingerprint density at radius 3 is 2.44 bits per heavy atom. The summed E-state index contributed by atoms with van der Waals surface area (Å²) in [5.74, 6) is 1.18. The van der Waals surface area contributed by atoms with Gasteiger partial charge in [0.05, 0.1) is 0 Å². The fourth-order valence-electron chi connectivity index (χ4n) is 3.41. The highest BCUT2D eigenvalue weighted by Crippen LogP contribution is 2.47. The number of nitrogen functional groups attached to an aromatic ring is 1. The lowest BCUT2D eigenvalue weighted by molar-refractivity contribution is 0.226. The van der Waals surface area contributed by atoms with Crippen molar-refractivity contribution in [3.63, 3.8) is 0 Å². The van der Waals surface area contributed by atoms with Gasteiger partial charge in [-0.25, -0.2) is 9.97 Å². The molecular weight excluding hydrogens is 248 g/mol. The third-order valence-corrected chi connectivity index (χ3v) is 4.95. The van der Waals surface area contributed by atoms with Gasteiger partial charge in [0.1, 0.15) is 17.2 Å². The molecule has 1 aliphatic carbocycles. The Morgan fingerprint density at radius 1 is 1.11 bits per heavy atom. The van der Waals surface area contributed by atoms with E-state index in [1.165, 1.54) is 44.9 Å². The second kappa shape index (κ2) is 4.57. The van der Waals surface area contributed by atoms with Crippen molar-refractivity contribution in [1.82, 2.24) is 9.97 Å². The number of nitrogens with two attached hydrogens (primary N) is 1. The average molecular weight is 267 g/mol. The van der Waals surface area contributed by atoms with Crippen molar-refractivity contribution in [2.75, 3.05) is 23.7 Å².